The average molecular weight is 309 g/mol. The number of ether oxygens (including phenoxy) is 1. The van der Waals surface area contributed by atoms with Crippen LogP contribution in [0.25, 0.3) is 0 Å². The minimum Gasteiger partial charge on any atom is -0.381 e. The van der Waals surface area contributed by atoms with E-state index in [1.54, 1.807) is 6.07 Å². The van der Waals surface area contributed by atoms with Crippen LogP contribution in [0.5, 0.6) is 0 Å². The Balaban J connectivity index is 1.91. The molecule has 0 aliphatic carbocycles. The van der Waals surface area contributed by atoms with Crippen LogP contribution < -0.4 is 11.1 Å². The van der Waals surface area contributed by atoms with Crippen molar-refractivity contribution in [3.05, 3.63) is 30.1 Å². The SMILES string of the molecule is CN(CC(=O)Nc1cccc(F)c1)C(=O)C1(N)CCOCC1. The first-order chi connectivity index (χ1) is 10.4. The Labute approximate surface area is 128 Å². The zero-order valence-corrected chi connectivity index (χ0v) is 12.5. The Morgan fingerprint density at radius 2 is 2.09 bits per heavy atom. The molecule has 2 rings (SSSR count). The van der Waals surface area contributed by atoms with Crippen molar-refractivity contribution in [3.63, 3.8) is 0 Å². The fraction of sp³-hybridized carbons (Fsp3) is 0.467. The van der Waals surface area contributed by atoms with Crippen LogP contribution in [0, 0.1) is 5.82 Å². The number of likely N-dealkylation sites (N-methyl/N-ethyl adjacent to an activating group) is 1. The molecule has 0 atom stereocenters. The molecular formula is C15H20FN3O3. The van der Waals surface area contributed by atoms with Crippen molar-refractivity contribution < 1.29 is 18.7 Å². The highest BCUT2D eigenvalue weighted by Gasteiger charge is 2.38. The standard InChI is InChI=1S/C15H20FN3O3/c1-19(14(21)15(17)5-7-22-8-6-15)10-13(20)18-12-4-2-3-11(16)9-12/h2-4,9H,5-8,10,17H2,1H3,(H,18,20). The first-order valence-electron chi connectivity index (χ1n) is 7.08. The summed E-state index contributed by atoms with van der Waals surface area (Å²) in [7, 11) is 1.53. The van der Waals surface area contributed by atoms with Gasteiger partial charge in [0.05, 0.1) is 12.1 Å². The number of carbonyl (C=O) groups excluding carboxylic acids is 2. The van der Waals surface area contributed by atoms with Crippen LogP contribution in [-0.2, 0) is 14.3 Å². The summed E-state index contributed by atoms with van der Waals surface area (Å²) < 4.78 is 18.3. The number of anilines is 1. The molecule has 22 heavy (non-hydrogen) atoms. The predicted octanol–water partition coefficient (Wildman–Crippen LogP) is 0.730. The second-order valence-electron chi connectivity index (χ2n) is 5.49. The molecule has 1 aromatic carbocycles. The van der Waals surface area contributed by atoms with Gasteiger partial charge in [0.25, 0.3) is 0 Å². The van der Waals surface area contributed by atoms with Crippen LogP contribution in [0.1, 0.15) is 12.8 Å². The van der Waals surface area contributed by atoms with Gasteiger partial charge in [-0.3, -0.25) is 9.59 Å². The highest BCUT2D eigenvalue weighted by molar-refractivity contribution is 5.96. The highest BCUT2D eigenvalue weighted by atomic mass is 19.1. The molecule has 1 saturated heterocycles. The number of benzene rings is 1. The molecule has 1 fully saturated rings. The molecule has 0 aromatic heterocycles. The molecule has 120 valence electrons. The minimum absolute atomic E-state index is 0.144. The van der Waals surface area contributed by atoms with Gasteiger partial charge < -0.3 is 20.7 Å². The lowest BCUT2D eigenvalue weighted by Crippen LogP contribution is -2.58. The highest BCUT2D eigenvalue weighted by Crippen LogP contribution is 2.20. The van der Waals surface area contributed by atoms with Gasteiger partial charge in [0, 0.05) is 25.9 Å². The maximum Gasteiger partial charge on any atom is 0.243 e. The number of halogens is 1. The predicted molar refractivity (Wildman–Crippen MR) is 79.6 cm³/mol. The number of amides is 2. The van der Waals surface area contributed by atoms with Crippen LogP contribution in [0.3, 0.4) is 0 Å². The summed E-state index contributed by atoms with van der Waals surface area (Å²) in [4.78, 5) is 25.6. The topological polar surface area (TPSA) is 84.7 Å². The number of nitrogens with two attached hydrogens (primary N) is 1. The van der Waals surface area contributed by atoms with Gasteiger partial charge in [0.2, 0.25) is 11.8 Å². The minimum atomic E-state index is -0.980. The first kappa shape index (κ1) is 16.4. The third-order valence-electron chi connectivity index (χ3n) is 3.65. The Morgan fingerprint density at radius 3 is 2.73 bits per heavy atom. The monoisotopic (exact) mass is 309 g/mol. The van der Waals surface area contributed by atoms with E-state index in [0.717, 1.165) is 0 Å². The fourth-order valence-corrected chi connectivity index (χ4v) is 2.38. The van der Waals surface area contributed by atoms with E-state index in [0.29, 0.717) is 31.7 Å². The van der Waals surface area contributed by atoms with Crippen LogP contribution in [0.4, 0.5) is 10.1 Å². The largest absolute Gasteiger partial charge is 0.381 e. The molecule has 1 heterocycles. The Hall–Kier alpha value is -1.99. The Morgan fingerprint density at radius 1 is 1.41 bits per heavy atom. The summed E-state index contributed by atoms with van der Waals surface area (Å²) in [5.41, 5.74) is 5.47. The molecule has 7 heteroatoms. The van der Waals surface area contributed by atoms with Crippen molar-refractivity contribution in [1.29, 1.82) is 0 Å². The van der Waals surface area contributed by atoms with Crippen LogP contribution in [0.15, 0.2) is 24.3 Å². The van der Waals surface area contributed by atoms with E-state index in [1.807, 2.05) is 0 Å². The Kier molecular flexibility index (Phi) is 5.10. The molecule has 3 N–H and O–H groups in total. The summed E-state index contributed by atoms with van der Waals surface area (Å²) in [6.45, 7) is 0.728. The van der Waals surface area contributed by atoms with E-state index in [9.17, 15) is 14.0 Å². The Bertz CT molecular complexity index is 559. The van der Waals surface area contributed by atoms with Gasteiger partial charge in [-0.2, -0.15) is 0 Å². The smallest absolute Gasteiger partial charge is 0.243 e. The molecule has 2 amide bonds. The summed E-state index contributed by atoms with van der Waals surface area (Å²) in [5, 5.41) is 2.55. The van der Waals surface area contributed by atoms with E-state index < -0.39 is 17.3 Å². The van der Waals surface area contributed by atoms with Gasteiger partial charge in [-0.05, 0) is 31.0 Å². The van der Waals surface area contributed by atoms with Gasteiger partial charge in [0.1, 0.15) is 5.82 Å². The van der Waals surface area contributed by atoms with E-state index in [-0.39, 0.29) is 12.5 Å². The number of nitrogens with zero attached hydrogens (tertiary/aromatic N) is 1. The van der Waals surface area contributed by atoms with Crippen molar-refractivity contribution in [2.75, 3.05) is 32.1 Å². The summed E-state index contributed by atoms with van der Waals surface area (Å²) in [6.07, 6.45) is 0.864. The lowest BCUT2D eigenvalue weighted by atomic mass is 9.90. The van der Waals surface area contributed by atoms with Crippen molar-refractivity contribution in [2.45, 2.75) is 18.4 Å². The second kappa shape index (κ2) is 6.85. The van der Waals surface area contributed by atoms with Gasteiger partial charge in [0.15, 0.2) is 0 Å². The number of hydrogen-bond donors (Lipinski definition) is 2. The molecule has 0 spiro atoms. The number of nitrogens with one attached hydrogen (secondary N) is 1. The molecule has 0 unspecified atom stereocenters. The molecular weight excluding hydrogens is 289 g/mol. The normalized spacial score (nSPS) is 16.9. The molecule has 6 nitrogen and oxygen atoms in total. The average Bonchev–Trinajstić information content (AvgIpc) is 2.47. The lowest BCUT2D eigenvalue weighted by molar-refractivity contribution is -0.141. The van der Waals surface area contributed by atoms with E-state index in [1.165, 1.54) is 30.1 Å². The van der Waals surface area contributed by atoms with Gasteiger partial charge in [-0.25, -0.2) is 4.39 Å². The first-order valence-corrected chi connectivity index (χ1v) is 7.08. The zero-order chi connectivity index (χ0) is 16.2. The third-order valence-corrected chi connectivity index (χ3v) is 3.65. The second-order valence-corrected chi connectivity index (χ2v) is 5.49. The lowest BCUT2D eigenvalue weighted by Gasteiger charge is -2.35. The maximum absolute atomic E-state index is 13.1. The van der Waals surface area contributed by atoms with Crippen molar-refractivity contribution in [2.24, 2.45) is 5.73 Å². The molecule has 1 aliphatic heterocycles. The number of carbonyl (C=O) groups is 2. The summed E-state index contributed by atoms with van der Waals surface area (Å²) >= 11 is 0. The summed E-state index contributed by atoms with van der Waals surface area (Å²) in [5.74, 6) is -1.13. The number of rotatable bonds is 4. The number of hydrogen-bond acceptors (Lipinski definition) is 4. The van der Waals surface area contributed by atoms with Gasteiger partial charge >= 0.3 is 0 Å². The van der Waals surface area contributed by atoms with E-state index >= 15 is 0 Å². The molecule has 1 aliphatic rings. The van der Waals surface area contributed by atoms with E-state index in [4.69, 9.17) is 10.5 Å². The zero-order valence-electron chi connectivity index (χ0n) is 12.5. The van der Waals surface area contributed by atoms with Crippen molar-refractivity contribution in [3.8, 4) is 0 Å². The van der Waals surface area contributed by atoms with Crippen molar-refractivity contribution >= 4 is 17.5 Å². The van der Waals surface area contributed by atoms with Gasteiger partial charge in [-0.1, -0.05) is 6.07 Å². The quantitative estimate of drug-likeness (QED) is 0.859. The molecule has 0 bridgehead atoms. The maximum atomic E-state index is 13.1. The van der Waals surface area contributed by atoms with Crippen LogP contribution in [0.2, 0.25) is 0 Å². The van der Waals surface area contributed by atoms with Crippen LogP contribution in [-0.4, -0.2) is 49.1 Å². The van der Waals surface area contributed by atoms with Crippen LogP contribution >= 0.6 is 0 Å². The fourth-order valence-electron chi connectivity index (χ4n) is 2.38. The molecule has 0 radical (unpaired) electrons. The van der Waals surface area contributed by atoms with Crippen molar-refractivity contribution in [1.82, 2.24) is 4.90 Å². The summed E-state index contributed by atoms with van der Waals surface area (Å²) in [6, 6.07) is 5.57. The van der Waals surface area contributed by atoms with E-state index in [2.05, 4.69) is 5.32 Å². The van der Waals surface area contributed by atoms with Gasteiger partial charge in [-0.15, -0.1) is 0 Å². The molecule has 0 saturated carbocycles. The molecule has 1 aromatic rings. The third kappa shape index (κ3) is 4.02.